The Kier molecular flexibility index (Phi) is 8.23. The van der Waals surface area contributed by atoms with Gasteiger partial charge in [0.15, 0.2) is 6.10 Å². The number of hydrogen-bond donors (Lipinski definition) is 1. The highest BCUT2D eigenvalue weighted by Gasteiger charge is 2.40. The van der Waals surface area contributed by atoms with Gasteiger partial charge in [-0.15, -0.1) is 0 Å². The van der Waals surface area contributed by atoms with Crippen molar-refractivity contribution in [3.63, 3.8) is 0 Å². The highest BCUT2D eigenvalue weighted by molar-refractivity contribution is 7.89. The summed E-state index contributed by atoms with van der Waals surface area (Å²) in [5.74, 6) is -0.549. The van der Waals surface area contributed by atoms with Gasteiger partial charge < -0.3 is 15.0 Å². The molecule has 40 heavy (non-hydrogen) atoms. The van der Waals surface area contributed by atoms with Crippen LogP contribution in [0.1, 0.15) is 29.5 Å². The first kappa shape index (κ1) is 27.9. The Morgan fingerprint density at radius 2 is 1.73 bits per heavy atom. The average molecular weight is 562 g/mol. The lowest BCUT2D eigenvalue weighted by molar-refractivity contribution is -0.129. The first-order valence-corrected chi connectivity index (χ1v) is 15.1. The number of piperidine rings is 1. The van der Waals surface area contributed by atoms with Crippen molar-refractivity contribution in [1.29, 1.82) is 0 Å². The SMILES string of the molecule is Cc1ccc(C)c(S(=O)(=O)N2CCC[C@H](C(=O)N3C[C@H](C(=O)NCCc4ccccc4)Oc4ccccc43)C2)c1. The molecule has 0 spiro atoms. The molecule has 2 atom stereocenters. The quantitative estimate of drug-likeness (QED) is 0.473. The fourth-order valence-electron chi connectivity index (χ4n) is 5.38. The maximum absolute atomic E-state index is 13.9. The van der Waals surface area contributed by atoms with Crippen LogP contribution in [0.3, 0.4) is 0 Å². The van der Waals surface area contributed by atoms with Crippen LogP contribution in [0.5, 0.6) is 5.75 Å². The summed E-state index contributed by atoms with van der Waals surface area (Å²) >= 11 is 0. The first-order valence-electron chi connectivity index (χ1n) is 13.7. The lowest BCUT2D eigenvalue weighted by Crippen LogP contribution is -2.54. The Bertz CT molecular complexity index is 1490. The van der Waals surface area contributed by atoms with Gasteiger partial charge in [-0.1, -0.05) is 54.6 Å². The highest BCUT2D eigenvalue weighted by Crippen LogP contribution is 2.36. The predicted molar refractivity (Wildman–Crippen MR) is 154 cm³/mol. The number of carbonyl (C=O) groups excluding carboxylic acids is 2. The number of ether oxygens (including phenoxy) is 1. The molecule has 1 fully saturated rings. The van der Waals surface area contributed by atoms with Crippen LogP contribution in [0.25, 0.3) is 0 Å². The van der Waals surface area contributed by atoms with E-state index >= 15 is 0 Å². The van der Waals surface area contributed by atoms with Gasteiger partial charge in [0.05, 0.1) is 23.0 Å². The minimum Gasteiger partial charge on any atom is -0.477 e. The van der Waals surface area contributed by atoms with Gasteiger partial charge in [0, 0.05) is 19.6 Å². The van der Waals surface area contributed by atoms with Crippen molar-refractivity contribution in [3.05, 3.63) is 89.5 Å². The van der Waals surface area contributed by atoms with E-state index in [1.807, 2.05) is 55.5 Å². The third-order valence-electron chi connectivity index (χ3n) is 7.58. The molecule has 2 aliphatic heterocycles. The van der Waals surface area contributed by atoms with Gasteiger partial charge in [-0.3, -0.25) is 9.59 Å². The van der Waals surface area contributed by atoms with Crippen LogP contribution in [0, 0.1) is 19.8 Å². The number of nitrogens with zero attached hydrogens (tertiary/aromatic N) is 2. The minimum atomic E-state index is -3.76. The van der Waals surface area contributed by atoms with Crippen LogP contribution in [0.2, 0.25) is 0 Å². The summed E-state index contributed by atoms with van der Waals surface area (Å²) < 4.78 is 34.6. The third kappa shape index (κ3) is 5.90. The van der Waals surface area contributed by atoms with Crippen molar-refractivity contribution in [1.82, 2.24) is 9.62 Å². The van der Waals surface area contributed by atoms with Crippen LogP contribution < -0.4 is 15.0 Å². The van der Waals surface area contributed by atoms with Crippen molar-refractivity contribution < 1.29 is 22.7 Å². The van der Waals surface area contributed by atoms with Gasteiger partial charge in [0.2, 0.25) is 15.9 Å². The van der Waals surface area contributed by atoms with Crippen LogP contribution in [0.15, 0.2) is 77.7 Å². The van der Waals surface area contributed by atoms with E-state index in [9.17, 15) is 18.0 Å². The summed E-state index contributed by atoms with van der Waals surface area (Å²) in [6.07, 6.45) is 0.972. The van der Waals surface area contributed by atoms with E-state index in [2.05, 4.69) is 5.32 Å². The van der Waals surface area contributed by atoms with Gasteiger partial charge in [-0.25, -0.2) is 8.42 Å². The molecule has 3 aromatic carbocycles. The molecule has 0 radical (unpaired) electrons. The number of sulfonamides is 1. The molecular weight excluding hydrogens is 526 g/mol. The van der Waals surface area contributed by atoms with E-state index in [4.69, 9.17) is 4.74 Å². The molecule has 1 N–H and O–H groups in total. The van der Waals surface area contributed by atoms with Gasteiger partial charge in [0.25, 0.3) is 5.91 Å². The van der Waals surface area contributed by atoms with E-state index in [-0.39, 0.29) is 29.8 Å². The molecule has 5 rings (SSSR count). The molecule has 210 valence electrons. The summed E-state index contributed by atoms with van der Waals surface area (Å²) in [4.78, 5) is 28.9. The van der Waals surface area contributed by atoms with Crippen molar-refractivity contribution in [2.45, 2.75) is 44.1 Å². The Hall–Kier alpha value is -3.69. The number of aryl methyl sites for hydroxylation is 2. The summed E-state index contributed by atoms with van der Waals surface area (Å²) in [5.41, 5.74) is 3.26. The number of rotatable bonds is 7. The smallest absolute Gasteiger partial charge is 0.262 e. The number of anilines is 1. The van der Waals surface area contributed by atoms with Crippen LogP contribution >= 0.6 is 0 Å². The summed E-state index contributed by atoms with van der Waals surface area (Å²) in [6.45, 7) is 4.63. The summed E-state index contributed by atoms with van der Waals surface area (Å²) in [7, 11) is -3.76. The normalized spacial score (nSPS) is 19.4. The summed E-state index contributed by atoms with van der Waals surface area (Å²) in [5, 5.41) is 2.94. The Balaban J connectivity index is 1.31. The first-order chi connectivity index (χ1) is 19.2. The Labute approximate surface area is 236 Å². The van der Waals surface area contributed by atoms with Crippen LogP contribution in [0.4, 0.5) is 5.69 Å². The number of carbonyl (C=O) groups is 2. The molecule has 9 heteroatoms. The molecule has 0 saturated carbocycles. The molecule has 3 aromatic rings. The monoisotopic (exact) mass is 561 g/mol. The second kappa shape index (κ2) is 11.8. The van der Waals surface area contributed by atoms with E-state index in [0.717, 1.165) is 11.1 Å². The van der Waals surface area contributed by atoms with Crippen molar-refractivity contribution in [2.24, 2.45) is 5.92 Å². The largest absolute Gasteiger partial charge is 0.477 e. The molecule has 8 nitrogen and oxygen atoms in total. The Morgan fingerprint density at radius 1 is 0.975 bits per heavy atom. The van der Waals surface area contributed by atoms with Crippen LogP contribution in [-0.2, 0) is 26.0 Å². The summed E-state index contributed by atoms with van der Waals surface area (Å²) in [6, 6.07) is 22.4. The van der Waals surface area contributed by atoms with Crippen molar-refractivity contribution in [2.75, 3.05) is 31.1 Å². The number of para-hydroxylation sites is 2. The van der Waals surface area contributed by atoms with Gasteiger partial charge in [-0.2, -0.15) is 4.31 Å². The zero-order chi connectivity index (χ0) is 28.3. The molecular formula is C31H35N3O5S. The average Bonchev–Trinajstić information content (AvgIpc) is 2.98. The molecule has 2 amide bonds. The van der Waals surface area contributed by atoms with Gasteiger partial charge in [-0.05, 0) is 68.0 Å². The second-order valence-corrected chi connectivity index (χ2v) is 12.4. The molecule has 2 heterocycles. The number of hydrogen-bond acceptors (Lipinski definition) is 5. The fourth-order valence-corrected chi connectivity index (χ4v) is 7.21. The highest BCUT2D eigenvalue weighted by atomic mass is 32.2. The lowest BCUT2D eigenvalue weighted by Gasteiger charge is -2.38. The topological polar surface area (TPSA) is 96.0 Å². The van der Waals surface area contributed by atoms with E-state index in [1.54, 1.807) is 36.1 Å². The van der Waals surface area contributed by atoms with Gasteiger partial charge in [0.1, 0.15) is 5.75 Å². The molecule has 0 unspecified atom stereocenters. The number of benzene rings is 3. The van der Waals surface area contributed by atoms with E-state index in [0.29, 0.717) is 49.4 Å². The molecule has 2 aliphatic rings. The minimum absolute atomic E-state index is 0.0628. The van der Waals surface area contributed by atoms with Gasteiger partial charge >= 0.3 is 0 Å². The third-order valence-corrected chi connectivity index (χ3v) is 9.59. The maximum Gasteiger partial charge on any atom is 0.262 e. The lowest BCUT2D eigenvalue weighted by atomic mass is 9.97. The Morgan fingerprint density at radius 3 is 2.52 bits per heavy atom. The predicted octanol–water partition coefficient (Wildman–Crippen LogP) is 3.86. The zero-order valence-electron chi connectivity index (χ0n) is 22.9. The molecule has 0 bridgehead atoms. The number of amides is 2. The molecule has 0 aliphatic carbocycles. The zero-order valence-corrected chi connectivity index (χ0v) is 23.7. The number of nitrogens with one attached hydrogen (secondary N) is 1. The maximum atomic E-state index is 13.9. The molecule has 1 saturated heterocycles. The van der Waals surface area contributed by atoms with Crippen molar-refractivity contribution in [3.8, 4) is 5.75 Å². The van der Waals surface area contributed by atoms with E-state index < -0.39 is 22.0 Å². The standard InChI is InChI=1S/C31H35N3O5S/c1-22-14-15-23(2)29(19-22)40(37,38)33-18-8-11-25(20-33)31(36)34-21-28(39-27-13-7-6-12-26(27)34)30(35)32-17-16-24-9-4-3-5-10-24/h3-7,9-10,12-15,19,25,28H,8,11,16-18,20-21H2,1-2H3,(H,32,35)/t25-,28+/m0/s1. The van der Waals surface area contributed by atoms with Crippen molar-refractivity contribution >= 4 is 27.5 Å². The fraction of sp³-hybridized carbons (Fsp3) is 0.355. The number of fused-ring (bicyclic) bond motifs is 1. The molecule has 0 aromatic heterocycles. The van der Waals surface area contributed by atoms with Crippen LogP contribution in [-0.4, -0.2) is 56.8 Å². The second-order valence-electron chi connectivity index (χ2n) is 10.5. The van der Waals surface area contributed by atoms with E-state index in [1.165, 1.54) is 4.31 Å².